The zero-order valence-corrected chi connectivity index (χ0v) is 35.8. The molecule has 3 aliphatic carbocycles. The molecule has 0 heterocycles. The number of carbonyl (C=O) groups is 2. The number of hydrogen-bond acceptors (Lipinski definition) is 4. The van der Waals surface area contributed by atoms with Gasteiger partial charge in [-0.25, -0.2) is 0 Å². The van der Waals surface area contributed by atoms with E-state index in [-0.39, 0.29) is 40.7 Å². The molecule has 1 saturated carbocycles. The Morgan fingerprint density at radius 3 is 1.27 bits per heavy atom. The molecule has 1 fully saturated rings. The molecule has 62 heavy (non-hydrogen) atoms. The second-order valence-corrected chi connectivity index (χ2v) is 17.7. The van der Waals surface area contributed by atoms with E-state index in [0.717, 1.165) is 102 Å². The van der Waals surface area contributed by atoms with Crippen LogP contribution in [0.1, 0.15) is 47.9 Å². The summed E-state index contributed by atoms with van der Waals surface area (Å²) in [6.45, 7) is 4.18. The summed E-state index contributed by atoms with van der Waals surface area (Å²) in [4.78, 5) is 29.0. The minimum Gasteiger partial charge on any atom is 0 e. The zero-order chi connectivity index (χ0) is 43.2. The normalized spacial score (nSPS) is 19.8. The minimum atomic E-state index is -10.7. The average Bonchev–Trinajstić information content (AvgIpc) is 3.22. The van der Waals surface area contributed by atoms with Crippen LogP contribution >= 0.6 is 7.81 Å². The molecule has 0 aliphatic heterocycles. The molecule has 3 aliphatic rings. The van der Waals surface area contributed by atoms with Gasteiger partial charge in [-0.15, -0.1) is 0 Å². The summed E-state index contributed by atoms with van der Waals surface area (Å²) >= 11 is 0. The number of rotatable bonds is 6. The first kappa shape index (κ1) is 44.3. The summed E-state index contributed by atoms with van der Waals surface area (Å²) < 4.78 is 59.2. The fourth-order valence-electron chi connectivity index (χ4n) is 8.76. The van der Waals surface area contributed by atoms with Gasteiger partial charge in [-0.3, -0.25) is 9.59 Å². The second-order valence-electron chi connectivity index (χ2n) is 15.8. The van der Waals surface area contributed by atoms with Crippen molar-refractivity contribution in [2.24, 2.45) is 0 Å². The van der Waals surface area contributed by atoms with Crippen molar-refractivity contribution in [2.75, 3.05) is 0 Å². The quantitative estimate of drug-likeness (QED) is 0.0757. The van der Waals surface area contributed by atoms with Gasteiger partial charge in [0.05, 0.1) is 0 Å². The average molecular weight is 903 g/mol. The summed E-state index contributed by atoms with van der Waals surface area (Å²) in [5, 5.41) is 15.8. The summed E-state index contributed by atoms with van der Waals surface area (Å²) in [6.07, 6.45) is 12.0. The van der Waals surface area contributed by atoms with Gasteiger partial charge in [0.25, 0.3) is 0 Å². The SMILES string of the molecule is Cc1ccc2ccccc2c1C1=c2ccccc2=C/C(=C/N[C@@H]2CCCC[C@H]2N/C=C2/C=c3ccccc3=C(c3c(C)ccc4ccccc34)C2=O)C1=O.F[P-](F)(F)(F)(F)F.[Mn]. The van der Waals surface area contributed by atoms with Crippen LogP contribution in [0.25, 0.3) is 44.8 Å². The maximum absolute atomic E-state index is 14.5. The first-order valence-corrected chi connectivity index (χ1v) is 22.1. The molecule has 6 aromatic carbocycles. The van der Waals surface area contributed by atoms with Crippen LogP contribution < -0.4 is 31.5 Å². The number of allylic oxidation sites excluding steroid dienone is 2. The van der Waals surface area contributed by atoms with E-state index in [0.29, 0.717) is 11.1 Å². The van der Waals surface area contributed by atoms with Crippen LogP contribution in [-0.2, 0) is 26.7 Å². The zero-order valence-electron chi connectivity index (χ0n) is 33.7. The van der Waals surface area contributed by atoms with E-state index in [1.165, 1.54) is 0 Å². The Kier molecular flexibility index (Phi) is 11.8. The van der Waals surface area contributed by atoms with Gasteiger partial charge in [-0.05, 0) is 104 Å². The van der Waals surface area contributed by atoms with Crippen molar-refractivity contribution in [1.29, 1.82) is 0 Å². The number of carbonyl (C=O) groups excluding carboxylic acids is 2. The van der Waals surface area contributed by atoms with Gasteiger partial charge in [-0.1, -0.05) is 134 Å². The topological polar surface area (TPSA) is 58.2 Å². The van der Waals surface area contributed by atoms with Crippen LogP contribution in [0.5, 0.6) is 0 Å². The van der Waals surface area contributed by atoms with E-state index >= 15 is 0 Å². The molecule has 9 rings (SSSR count). The van der Waals surface area contributed by atoms with E-state index in [4.69, 9.17) is 0 Å². The summed E-state index contributed by atoms with van der Waals surface area (Å²) in [6, 6.07) is 41.7. The standard InChI is InChI=1S/C50H42N2O2.F6P.Mn/c1-31-23-25-33-13-3-7-17-39(33)45(31)47-41-19-9-5-15-35(41)27-37(49(47)53)29-51-43-21-11-12-22-44(43)52-30-38-28-36-16-6-10-20-42(36)48(50(38)54)46-32(2)24-26-34-14-4-8-18-40(34)46;1-7(2,3,4,5)6;/h3-10,13-20,23-30,43-44,51-52H,11-12,21-22H2,1-2H3;;/q;-1;/b37-29-,38-30-;;/t43-,44-;;/m1../s1. The molecular weight excluding hydrogens is 860 g/mol. The van der Waals surface area contributed by atoms with E-state index in [1.807, 2.05) is 73.1 Å². The number of halogens is 6. The molecule has 0 amide bonds. The molecule has 4 nitrogen and oxygen atoms in total. The van der Waals surface area contributed by atoms with Crippen LogP contribution in [0.3, 0.4) is 0 Å². The van der Waals surface area contributed by atoms with Crippen molar-refractivity contribution in [3.8, 4) is 0 Å². The Morgan fingerprint density at radius 1 is 0.516 bits per heavy atom. The van der Waals surface area contributed by atoms with Crippen molar-refractivity contribution in [3.05, 3.63) is 188 Å². The smallest absolute Gasteiger partial charge is 0 e. The first-order valence-electron chi connectivity index (χ1n) is 20.1. The number of fused-ring (bicyclic) bond motifs is 4. The first-order chi connectivity index (χ1) is 28.9. The number of hydrogen-bond donors (Lipinski definition) is 2. The van der Waals surface area contributed by atoms with Gasteiger partial charge in [0.15, 0.2) is 11.6 Å². The Balaban J connectivity index is 0.000000668. The maximum atomic E-state index is 14.5. The van der Waals surface area contributed by atoms with Crippen LogP contribution in [0, 0.1) is 13.8 Å². The number of ketones is 2. The summed E-state index contributed by atoms with van der Waals surface area (Å²) in [5.74, 6) is 0.0481. The van der Waals surface area contributed by atoms with E-state index in [2.05, 4.69) is 97.3 Å². The fourth-order valence-corrected chi connectivity index (χ4v) is 8.76. The van der Waals surface area contributed by atoms with Gasteiger partial charge in [0.1, 0.15) is 0 Å². The molecule has 319 valence electrons. The third kappa shape index (κ3) is 9.81. The predicted molar refractivity (Wildman–Crippen MR) is 235 cm³/mol. The molecule has 0 saturated heterocycles. The summed E-state index contributed by atoms with van der Waals surface area (Å²) in [7, 11) is -10.7. The van der Waals surface area contributed by atoms with Gasteiger partial charge in [0.2, 0.25) is 0 Å². The van der Waals surface area contributed by atoms with Gasteiger partial charge >= 0.3 is 33.0 Å². The van der Waals surface area contributed by atoms with Crippen molar-refractivity contribution in [2.45, 2.75) is 51.6 Å². The van der Waals surface area contributed by atoms with Gasteiger partial charge in [-0.2, -0.15) is 0 Å². The van der Waals surface area contributed by atoms with Gasteiger partial charge in [0, 0.05) is 63.8 Å². The molecule has 2 N–H and O–H groups in total. The van der Waals surface area contributed by atoms with Crippen molar-refractivity contribution >= 4 is 64.2 Å². The van der Waals surface area contributed by atoms with Crippen LogP contribution in [-0.4, -0.2) is 23.7 Å². The van der Waals surface area contributed by atoms with Crippen LogP contribution in [0.15, 0.2) is 145 Å². The van der Waals surface area contributed by atoms with Crippen molar-refractivity contribution in [3.63, 3.8) is 0 Å². The number of benzene rings is 6. The molecule has 0 aromatic heterocycles. The molecular formula is C50H42F6MnN2O2P-. The van der Waals surface area contributed by atoms with Crippen LogP contribution in [0.2, 0.25) is 0 Å². The van der Waals surface area contributed by atoms with Crippen LogP contribution in [0.4, 0.5) is 25.2 Å². The monoisotopic (exact) mass is 902 g/mol. The van der Waals surface area contributed by atoms with Crippen molar-refractivity contribution < 1.29 is 51.8 Å². The second kappa shape index (κ2) is 16.5. The molecule has 0 spiro atoms. The van der Waals surface area contributed by atoms with Gasteiger partial charge < -0.3 is 10.6 Å². The van der Waals surface area contributed by atoms with E-state index < -0.39 is 7.81 Å². The largest absolute Gasteiger partial charge is 0 e. The van der Waals surface area contributed by atoms with E-state index in [9.17, 15) is 34.8 Å². The number of Topliss-reactive ketones (excluding diaryl/α,β-unsaturated/α-hetero) is 2. The molecule has 12 heteroatoms. The molecule has 0 unspecified atom stereocenters. The number of aryl methyl sites for hydroxylation is 2. The van der Waals surface area contributed by atoms with Crippen molar-refractivity contribution in [1.82, 2.24) is 10.6 Å². The predicted octanol–water partition coefficient (Wildman–Crippen LogP) is 10.1. The fraction of sp³-hybridized carbons (Fsp3) is 0.160. The molecule has 1 radical (unpaired) electrons. The third-order valence-corrected chi connectivity index (χ3v) is 11.5. The maximum Gasteiger partial charge on any atom is 0 e. The molecule has 0 bridgehead atoms. The Hall–Kier alpha value is -5.73. The molecule has 2 atom stereocenters. The van der Waals surface area contributed by atoms with E-state index in [1.54, 1.807) is 0 Å². The number of nitrogens with one attached hydrogen (secondary N) is 2. The Labute approximate surface area is 364 Å². The third-order valence-electron chi connectivity index (χ3n) is 11.5. The Morgan fingerprint density at radius 2 is 0.871 bits per heavy atom. The minimum absolute atomic E-state index is 0. The summed E-state index contributed by atoms with van der Waals surface area (Å²) in [5.41, 5.74) is 6.96. The Bertz CT molecular complexity index is 2920. The molecule has 6 aromatic rings.